The van der Waals surface area contributed by atoms with Gasteiger partial charge in [-0.05, 0) is 38.2 Å². The Morgan fingerprint density at radius 2 is 2.32 bits per heavy atom. The Labute approximate surface area is 112 Å². The molecule has 0 spiro atoms. The Kier molecular flexibility index (Phi) is 4.24. The first-order chi connectivity index (χ1) is 9.08. The number of rotatable bonds is 4. The number of aryl methyl sites for hydroxylation is 1. The van der Waals surface area contributed by atoms with Crippen molar-refractivity contribution in [3.8, 4) is 0 Å². The number of nitrogens with zero attached hydrogens (tertiary/aromatic N) is 1. The molecule has 5 heteroatoms. The first-order valence-corrected chi connectivity index (χ1v) is 6.63. The lowest BCUT2D eigenvalue weighted by atomic mass is 9.93. The van der Waals surface area contributed by atoms with Crippen molar-refractivity contribution in [3.05, 3.63) is 23.7 Å². The molecule has 0 radical (unpaired) electrons. The van der Waals surface area contributed by atoms with Crippen molar-refractivity contribution < 1.29 is 19.1 Å². The van der Waals surface area contributed by atoms with Crippen molar-refractivity contribution in [3.63, 3.8) is 0 Å². The van der Waals surface area contributed by atoms with Crippen LogP contribution in [0.15, 0.2) is 16.7 Å². The molecule has 1 atom stereocenters. The number of likely N-dealkylation sites (tertiary alicyclic amines) is 1. The molecule has 5 nitrogen and oxygen atoms in total. The number of carbonyl (C=O) groups excluding carboxylic acids is 1. The van der Waals surface area contributed by atoms with E-state index in [4.69, 9.17) is 9.52 Å². The summed E-state index contributed by atoms with van der Waals surface area (Å²) in [6.45, 7) is 3.21. The summed E-state index contributed by atoms with van der Waals surface area (Å²) in [5, 5.41) is 8.71. The molecule has 0 aliphatic carbocycles. The molecule has 2 heterocycles. The SMILES string of the molecule is Cc1ccoc1C(=O)N1CCC[C@@H](CCC(=O)O)C1. The second-order valence-corrected chi connectivity index (χ2v) is 5.12. The summed E-state index contributed by atoms with van der Waals surface area (Å²) < 4.78 is 5.23. The molecular formula is C14H19NO4. The van der Waals surface area contributed by atoms with Gasteiger partial charge in [0.15, 0.2) is 5.76 Å². The number of carboxylic acids is 1. The average molecular weight is 265 g/mol. The molecule has 0 unspecified atom stereocenters. The number of hydrogen-bond donors (Lipinski definition) is 1. The van der Waals surface area contributed by atoms with E-state index < -0.39 is 5.97 Å². The summed E-state index contributed by atoms with van der Waals surface area (Å²) >= 11 is 0. The number of furan rings is 1. The number of carbonyl (C=O) groups is 2. The standard InChI is InChI=1S/C14H19NO4/c1-10-6-8-19-13(10)14(18)15-7-2-3-11(9-15)4-5-12(16)17/h6,8,11H,2-5,7,9H2,1H3,(H,16,17)/t11-/m0/s1. The maximum absolute atomic E-state index is 12.3. The van der Waals surface area contributed by atoms with Crippen LogP contribution >= 0.6 is 0 Å². The first-order valence-electron chi connectivity index (χ1n) is 6.63. The van der Waals surface area contributed by atoms with Crippen LogP contribution in [0.4, 0.5) is 0 Å². The number of amides is 1. The van der Waals surface area contributed by atoms with Crippen LogP contribution in [0.2, 0.25) is 0 Å². The van der Waals surface area contributed by atoms with Crippen LogP contribution in [0.5, 0.6) is 0 Å². The van der Waals surface area contributed by atoms with Crippen molar-refractivity contribution >= 4 is 11.9 Å². The van der Waals surface area contributed by atoms with Gasteiger partial charge in [-0.3, -0.25) is 9.59 Å². The molecule has 1 aromatic heterocycles. The van der Waals surface area contributed by atoms with Crippen molar-refractivity contribution in [1.82, 2.24) is 4.90 Å². The second-order valence-electron chi connectivity index (χ2n) is 5.12. The van der Waals surface area contributed by atoms with Gasteiger partial charge in [0.25, 0.3) is 5.91 Å². The smallest absolute Gasteiger partial charge is 0.303 e. The fourth-order valence-corrected chi connectivity index (χ4v) is 2.55. The third-order valence-corrected chi connectivity index (χ3v) is 3.63. The molecule has 104 valence electrons. The summed E-state index contributed by atoms with van der Waals surface area (Å²) in [6, 6.07) is 1.78. The van der Waals surface area contributed by atoms with Crippen molar-refractivity contribution in [2.45, 2.75) is 32.6 Å². The summed E-state index contributed by atoms with van der Waals surface area (Å²) in [5.41, 5.74) is 0.845. The van der Waals surface area contributed by atoms with Gasteiger partial charge in [0.2, 0.25) is 0 Å². The molecule has 0 aromatic carbocycles. The normalized spacial score (nSPS) is 19.4. The first kappa shape index (κ1) is 13.6. The van der Waals surface area contributed by atoms with E-state index in [0.29, 0.717) is 18.7 Å². The predicted octanol–water partition coefficient (Wildman–Crippen LogP) is 2.31. The predicted molar refractivity (Wildman–Crippen MR) is 68.9 cm³/mol. The second kappa shape index (κ2) is 5.91. The van der Waals surface area contributed by atoms with Gasteiger partial charge in [-0.1, -0.05) is 0 Å². The molecule has 1 saturated heterocycles. The summed E-state index contributed by atoms with van der Waals surface area (Å²) in [6.07, 6.45) is 4.25. The zero-order chi connectivity index (χ0) is 13.8. The monoisotopic (exact) mass is 265 g/mol. The van der Waals surface area contributed by atoms with Gasteiger partial charge in [-0.15, -0.1) is 0 Å². The number of carboxylic acid groups (broad SMARTS) is 1. The molecule has 1 aliphatic rings. The topological polar surface area (TPSA) is 70.8 Å². The quantitative estimate of drug-likeness (QED) is 0.906. The van der Waals surface area contributed by atoms with Crippen molar-refractivity contribution in [2.24, 2.45) is 5.92 Å². The van der Waals surface area contributed by atoms with E-state index in [0.717, 1.165) is 24.9 Å². The minimum absolute atomic E-state index is 0.0810. The third-order valence-electron chi connectivity index (χ3n) is 3.63. The zero-order valence-electron chi connectivity index (χ0n) is 11.1. The molecule has 0 bridgehead atoms. The fraction of sp³-hybridized carbons (Fsp3) is 0.571. The maximum atomic E-state index is 12.3. The number of piperidine rings is 1. The zero-order valence-corrected chi connectivity index (χ0v) is 11.1. The van der Waals surface area contributed by atoms with Crippen LogP contribution in [-0.4, -0.2) is 35.0 Å². The van der Waals surface area contributed by atoms with Gasteiger partial charge >= 0.3 is 5.97 Å². The lowest BCUT2D eigenvalue weighted by Crippen LogP contribution is -2.40. The Morgan fingerprint density at radius 3 is 2.95 bits per heavy atom. The van der Waals surface area contributed by atoms with E-state index in [2.05, 4.69) is 0 Å². The van der Waals surface area contributed by atoms with Gasteiger partial charge in [0, 0.05) is 25.1 Å². The van der Waals surface area contributed by atoms with Gasteiger partial charge in [-0.2, -0.15) is 0 Å². The summed E-state index contributed by atoms with van der Waals surface area (Å²) in [7, 11) is 0. The average Bonchev–Trinajstić information content (AvgIpc) is 2.82. The highest BCUT2D eigenvalue weighted by molar-refractivity contribution is 5.92. The Hall–Kier alpha value is -1.78. The molecule has 1 N–H and O–H groups in total. The lowest BCUT2D eigenvalue weighted by Gasteiger charge is -2.32. The minimum atomic E-state index is -0.773. The van der Waals surface area contributed by atoms with Crippen LogP contribution < -0.4 is 0 Å². The number of hydrogen-bond acceptors (Lipinski definition) is 3. The Morgan fingerprint density at radius 1 is 1.53 bits per heavy atom. The highest BCUT2D eigenvalue weighted by Gasteiger charge is 2.27. The Bertz CT molecular complexity index is 466. The maximum Gasteiger partial charge on any atom is 0.303 e. The molecule has 1 aromatic rings. The van der Waals surface area contributed by atoms with Gasteiger partial charge in [0.1, 0.15) is 0 Å². The van der Waals surface area contributed by atoms with Crippen molar-refractivity contribution in [2.75, 3.05) is 13.1 Å². The van der Waals surface area contributed by atoms with Gasteiger partial charge < -0.3 is 14.4 Å². The van der Waals surface area contributed by atoms with Crippen LogP contribution in [-0.2, 0) is 4.79 Å². The molecule has 0 saturated carbocycles. The third kappa shape index (κ3) is 3.36. The highest BCUT2D eigenvalue weighted by Crippen LogP contribution is 2.23. The van der Waals surface area contributed by atoms with E-state index in [9.17, 15) is 9.59 Å². The van der Waals surface area contributed by atoms with E-state index >= 15 is 0 Å². The van der Waals surface area contributed by atoms with Crippen LogP contribution in [0.25, 0.3) is 0 Å². The van der Waals surface area contributed by atoms with Crippen LogP contribution in [0.3, 0.4) is 0 Å². The van der Waals surface area contributed by atoms with Crippen LogP contribution in [0.1, 0.15) is 41.8 Å². The molecule has 1 amide bonds. The summed E-state index contributed by atoms with van der Waals surface area (Å²) in [4.78, 5) is 24.7. The van der Waals surface area contributed by atoms with Gasteiger partial charge in [-0.25, -0.2) is 0 Å². The molecule has 1 fully saturated rings. The molecule has 1 aliphatic heterocycles. The number of aliphatic carboxylic acids is 1. The van der Waals surface area contributed by atoms with E-state index in [1.807, 2.05) is 6.92 Å². The molecular weight excluding hydrogens is 246 g/mol. The van der Waals surface area contributed by atoms with E-state index in [1.165, 1.54) is 6.26 Å². The fourth-order valence-electron chi connectivity index (χ4n) is 2.55. The van der Waals surface area contributed by atoms with E-state index in [1.54, 1.807) is 11.0 Å². The Balaban J connectivity index is 1.95. The van der Waals surface area contributed by atoms with Crippen molar-refractivity contribution in [1.29, 1.82) is 0 Å². The minimum Gasteiger partial charge on any atom is -0.481 e. The lowest BCUT2D eigenvalue weighted by molar-refractivity contribution is -0.137. The molecule has 19 heavy (non-hydrogen) atoms. The molecule has 2 rings (SSSR count). The largest absolute Gasteiger partial charge is 0.481 e. The van der Waals surface area contributed by atoms with Gasteiger partial charge in [0.05, 0.1) is 6.26 Å². The highest BCUT2D eigenvalue weighted by atomic mass is 16.4. The summed E-state index contributed by atoms with van der Waals surface area (Å²) in [5.74, 6) is -0.171. The van der Waals surface area contributed by atoms with E-state index in [-0.39, 0.29) is 18.2 Å². The van der Waals surface area contributed by atoms with Crippen LogP contribution in [0, 0.1) is 12.8 Å².